The summed E-state index contributed by atoms with van der Waals surface area (Å²) in [5.74, 6) is 1.88. The molecule has 0 atom stereocenters. The molecule has 0 saturated carbocycles. The third kappa shape index (κ3) is 4.33. The van der Waals surface area contributed by atoms with E-state index < -0.39 is 0 Å². The predicted octanol–water partition coefficient (Wildman–Crippen LogP) is 4.71. The van der Waals surface area contributed by atoms with E-state index in [1.165, 1.54) is 11.3 Å². The molecule has 3 rings (SSSR count). The number of ether oxygens (including phenoxy) is 2. The minimum Gasteiger partial charge on any atom is -0.493 e. The first-order valence-electron chi connectivity index (χ1n) is 9.27. The van der Waals surface area contributed by atoms with Gasteiger partial charge in [-0.25, -0.2) is 4.98 Å². The number of nitrogens with one attached hydrogen (secondary N) is 1. The summed E-state index contributed by atoms with van der Waals surface area (Å²) >= 11 is 1.45. The zero-order chi connectivity index (χ0) is 21.1. The zero-order valence-electron chi connectivity index (χ0n) is 17.1. The molecule has 150 valence electrons. The summed E-state index contributed by atoms with van der Waals surface area (Å²) in [5, 5.41) is 10.2. The van der Waals surface area contributed by atoms with Crippen LogP contribution in [0, 0.1) is 31.1 Å². The van der Waals surface area contributed by atoms with Crippen molar-refractivity contribution in [3.05, 3.63) is 50.4 Å². The Labute approximate surface area is 173 Å². The van der Waals surface area contributed by atoms with Gasteiger partial charge in [0, 0.05) is 4.88 Å². The van der Waals surface area contributed by atoms with Crippen molar-refractivity contribution >= 4 is 33.2 Å². The smallest absolute Gasteiger partial charge is 0.260 e. The Hall–Kier alpha value is -3.11. The second-order valence-electron chi connectivity index (χ2n) is 7.16. The van der Waals surface area contributed by atoms with Gasteiger partial charge >= 0.3 is 0 Å². The van der Waals surface area contributed by atoms with Crippen molar-refractivity contribution in [1.29, 1.82) is 5.26 Å². The van der Waals surface area contributed by atoms with E-state index in [-0.39, 0.29) is 17.0 Å². The fourth-order valence-corrected chi connectivity index (χ4v) is 3.88. The van der Waals surface area contributed by atoms with Gasteiger partial charge in [0.1, 0.15) is 10.9 Å². The number of nitriles is 1. The first kappa shape index (κ1) is 20.6. The number of allylic oxidation sites excluding steroid dienone is 1. The molecule has 0 radical (unpaired) electrons. The van der Waals surface area contributed by atoms with Gasteiger partial charge in [0.05, 0.1) is 24.7 Å². The molecule has 1 aromatic carbocycles. The number of hydrogen-bond acceptors (Lipinski definition) is 6. The number of aromatic nitrogens is 2. The van der Waals surface area contributed by atoms with Crippen LogP contribution in [0.5, 0.6) is 11.5 Å². The van der Waals surface area contributed by atoms with Crippen LogP contribution in [-0.2, 0) is 0 Å². The van der Waals surface area contributed by atoms with Gasteiger partial charge in [-0.15, -0.1) is 11.3 Å². The topological polar surface area (TPSA) is 88.0 Å². The molecule has 3 aromatic rings. The fraction of sp³-hybridized carbons (Fsp3) is 0.318. The lowest BCUT2D eigenvalue weighted by atomic mass is 10.1. The number of H-pyrrole nitrogens is 1. The first-order valence-corrected chi connectivity index (χ1v) is 10.1. The molecule has 7 heteroatoms. The maximum absolute atomic E-state index is 12.5. The predicted molar refractivity (Wildman–Crippen MR) is 117 cm³/mol. The molecule has 0 bridgehead atoms. The Morgan fingerprint density at radius 3 is 2.76 bits per heavy atom. The van der Waals surface area contributed by atoms with Crippen molar-refractivity contribution in [1.82, 2.24) is 9.97 Å². The average Bonchev–Trinajstić information content (AvgIpc) is 2.98. The largest absolute Gasteiger partial charge is 0.493 e. The second kappa shape index (κ2) is 8.50. The Balaban J connectivity index is 2.01. The van der Waals surface area contributed by atoms with Crippen LogP contribution >= 0.6 is 11.3 Å². The second-order valence-corrected chi connectivity index (χ2v) is 8.37. The molecule has 0 aliphatic heterocycles. The number of nitrogens with zero attached hydrogens (tertiary/aromatic N) is 2. The van der Waals surface area contributed by atoms with E-state index in [0.717, 1.165) is 16.0 Å². The number of hydrogen-bond donors (Lipinski definition) is 1. The lowest BCUT2D eigenvalue weighted by Crippen LogP contribution is -2.10. The third-order valence-electron chi connectivity index (χ3n) is 4.49. The molecule has 0 fully saturated rings. The van der Waals surface area contributed by atoms with E-state index in [2.05, 4.69) is 29.9 Å². The summed E-state index contributed by atoms with van der Waals surface area (Å²) in [6.45, 7) is 8.59. The Kier molecular flexibility index (Phi) is 6.04. The molecule has 0 amide bonds. The molecule has 2 aromatic heterocycles. The van der Waals surface area contributed by atoms with E-state index in [0.29, 0.717) is 34.2 Å². The van der Waals surface area contributed by atoms with Crippen LogP contribution in [0.4, 0.5) is 0 Å². The van der Waals surface area contributed by atoms with Crippen LogP contribution in [0.2, 0.25) is 0 Å². The molecule has 2 heterocycles. The van der Waals surface area contributed by atoms with Gasteiger partial charge in [0.2, 0.25) is 0 Å². The molecular formula is C22H23N3O3S. The molecular weight excluding hydrogens is 386 g/mol. The molecule has 1 N–H and O–H groups in total. The van der Waals surface area contributed by atoms with Gasteiger partial charge in [0.15, 0.2) is 17.3 Å². The highest BCUT2D eigenvalue weighted by atomic mass is 32.1. The SMILES string of the molecule is COc1cc(/C=C(\C#N)c2nc3sc(C)c(C)c3c(=O)[nH]2)ccc1OCC(C)C. The Bertz CT molecular complexity index is 1180. The van der Waals surface area contributed by atoms with Crippen LogP contribution in [0.15, 0.2) is 23.0 Å². The van der Waals surface area contributed by atoms with Crippen molar-refractivity contribution in [3.8, 4) is 17.6 Å². The van der Waals surface area contributed by atoms with Crippen molar-refractivity contribution in [2.45, 2.75) is 27.7 Å². The van der Waals surface area contributed by atoms with E-state index in [4.69, 9.17) is 9.47 Å². The maximum atomic E-state index is 12.5. The third-order valence-corrected chi connectivity index (χ3v) is 5.59. The summed E-state index contributed by atoms with van der Waals surface area (Å²) in [5.41, 5.74) is 1.71. The van der Waals surface area contributed by atoms with Gasteiger partial charge in [-0.3, -0.25) is 4.79 Å². The van der Waals surface area contributed by atoms with Crippen molar-refractivity contribution in [2.24, 2.45) is 5.92 Å². The van der Waals surface area contributed by atoms with E-state index in [1.807, 2.05) is 26.0 Å². The van der Waals surface area contributed by atoms with Gasteiger partial charge in [0.25, 0.3) is 5.56 Å². The van der Waals surface area contributed by atoms with Gasteiger partial charge in [-0.05, 0) is 49.1 Å². The minimum absolute atomic E-state index is 0.233. The molecule has 0 saturated heterocycles. The fourth-order valence-electron chi connectivity index (χ4n) is 2.85. The lowest BCUT2D eigenvalue weighted by Gasteiger charge is -2.13. The van der Waals surface area contributed by atoms with Crippen molar-refractivity contribution < 1.29 is 9.47 Å². The highest BCUT2D eigenvalue weighted by Gasteiger charge is 2.14. The monoisotopic (exact) mass is 409 g/mol. The molecule has 0 unspecified atom stereocenters. The van der Waals surface area contributed by atoms with E-state index in [9.17, 15) is 10.1 Å². The van der Waals surface area contributed by atoms with Gasteiger partial charge in [-0.2, -0.15) is 5.26 Å². The lowest BCUT2D eigenvalue weighted by molar-refractivity contribution is 0.257. The minimum atomic E-state index is -0.233. The van der Waals surface area contributed by atoms with Crippen molar-refractivity contribution in [3.63, 3.8) is 0 Å². The number of benzene rings is 1. The number of rotatable bonds is 6. The summed E-state index contributed by atoms with van der Waals surface area (Å²) in [6.07, 6.45) is 1.67. The molecule has 0 aliphatic carbocycles. The number of aryl methyl sites for hydroxylation is 2. The molecule has 0 aliphatic rings. The molecule has 29 heavy (non-hydrogen) atoms. The zero-order valence-corrected chi connectivity index (χ0v) is 17.9. The Morgan fingerprint density at radius 1 is 1.34 bits per heavy atom. The average molecular weight is 410 g/mol. The van der Waals surface area contributed by atoms with Crippen molar-refractivity contribution in [2.75, 3.05) is 13.7 Å². The van der Waals surface area contributed by atoms with Crippen LogP contribution < -0.4 is 15.0 Å². The van der Waals surface area contributed by atoms with E-state index >= 15 is 0 Å². The standard InChI is InChI=1S/C22H23N3O3S/c1-12(2)11-28-17-7-6-15(9-18(17)27-5)8-16(10-23)20-24-21(26)19-13(3)14(4)29-22(19)25-20/h6-9,12H,11H2,1-5H3,(H,24,25,26)/b16-8+. The van der Waals surface area contributed by atoms with E-state index in [1.54, 1.807) is 19.3 Å². The summed E-state index contributed by atoms with van der Waals surface area (Å²) in [4.78, 5) is 21.4. The van der Waals surface area contributed by atoms with Gasteiger partial charge in [-0.1, -0.05) is 19.9 Å². The quantitative estimate of drug-likeness (QED) is 0.596. The highest BCUT2D eigenvalue weighted by Crippen LogP contribution is 2.30. The molecule has 6 nitrogen and oxygen atoms in total. The van der Waals surface area contributed by atoms with Crippen LogP contribution in [0.3, 0.4) is 0 Å². The van der Waals surface area contributed by atoms with Gasteiger partial charge < -0.3 is 14.5 Å². The van der Waals surface area contributed by atoms with Crippen LogP contribution in [0.1, 0.15) is 35.7 Å². The maximum Gasteiger partial charge on any atom is 0.260 e. The normalized spacial score (nSPS) is 11.7. The first-order chi connectivity index (χ1) is 13.8. The summed E-state index contributed by atoms with van der Waals surface area (Å²) < 4.78 is 11.2. The highest BCUT2D eigenvalue weighted by molar-refractivity contribution is 7.18. The van der Waals surface area contributed by atoms with Crippen LogP contribution in [-0.4, -0.2) is 23.7 Å². The number of thiophene rings is 1. The Morgan fingerprint density at radius 2 is 2.10 bits per heavy atom. The summed E-state index contributed by atoms with van der Waals surface area (Å²) in [7, 11) is 1.57. The van der Waals surface area contributed by atoms with Crippen LogP contribution in [0.25, 0.3) is 21.9 Å². The molecule has 0 spiro atoms. The number of fused-ring (bicyclic) bond motifs is 1. The summed E-state index contributed by atoms with van der Waals surface area (Å²) in [6, 6.07) is 7.58. The number of aromatic amines is 1. The number of methoxy groups -OCH3 is 1.